The standard InChI is InChI=1S/C15H14BrN3O2/c1-19-13(20)7-12(15(19)21)18-8-9-4-5-11(16)10-3-2-6-17-14(9)10/h2-6,12,18H,7-8H2,1H3. The minimum Gasteiger partial charge on any atom is -0.301 e. The molecule has 6 heteroatoms. The van der Waals surface area contributed by atoms with Crippen LogP contribution >= 0.6 is 15.9 Å². The van der Waals surface area contributed by atoms with E-state index in [1.54, 1.807) is 6.20 Å². The first kappa shape index (κ1) is 14.2. The summed E-state index contributed by atoms with van der Waals surface area (Å²) < 4.78 is 0.987. The first-order chi connectivity index (χ1) is 10.1. The molecule has 0 bridgehead atoms. The number of likely N-dealkylation sites (N-methyl/N-ethyl adjacent to an activating group) is 1. The number of amides is 2. The number of imide groups is 1. The molecule has 1 aromatic carbocycles. The number of carbonyl (C=O) groups excluding carboxylic acids is 2. The molecule has 1 aromatic heterocycles. The minimum atomic E-state index is -0.440. The molecular weight excluding hydrogens is 334 g/mol. The molecule has 1 saturated heterocycles. The van der Waals surface area contributed by atoms with Crippen LogP contribution in [0.5, 0.6) is 0 Å². The van der Waals surface area contributed by atoms with Crippen molar-refractivity contribution in [2.75, 3.05) is 7.05 Å². The molecule has 2 amide bonds. The van der Waals surface area contributed by atoms with Crippen molar-refractivity contribution in [1.82, 2.24) is 15.2 Å². The molecule has 0 aliphatic carbocycles. The van der Waals surface area contributed by atoms with Crippen LogP contribution in [0, 0.1) is 0 Å². The third-order valence-corrected chi connectivity index (χ3v) is 4.41. The highest BCUT2D eigenvalue weighted by Gasteiger charge is 2.35. The van der Waals surface area contributed by atoms with E-state index in [0.717, 1.165) is 20.9 Å². The number of nitrogens with zero attached hydrogens (tertiary/aromatic N) is 2. The second kappa shape index (κ2) is 5.54. The Labute approximate surface area is 130 Å². The lowest BCUT2D eigenvalue weighted by Gasteiger charge is -2.12. The normalized spacial score (nSPS) is 18.8. The topological polar surface area (TPSA) is 62.3 Å². The zero-order valence-electron chi connectivity index (χ0n) is 11.5. The van der Waals surface area contributed by atoms with E-state index in [0.29, 0.717) is 6.54 Å². The van der Waals surface area contributed by atoms with Crippen molar-refractivity contribution in [3.05, 3.63) is 40.5 Å². The zero-order valence-corrected chi connectivity index (χ0v) is 13.1. The first-order valence-electron chi connectivity index (χ1n) is 6.64. The fourth-order valence-corrected chi connectivity index (χ4v) is 2.94. The number of nitrogens with one attached hydrogen (secondary N) is 1. The van der Waals surface area contributed by atoms with Crippen molar-refractivity contribution in [1.29, 1.82) is 0 Å². The van der Waals surface area contributed by atoms with Gasteiger partial charge < -0.3 is 5.32 Å². The summed E-state index contributed by atoms with van der Waals surface area (Å²) in [6.07, 6.45) is 1.97. The van der Waals surface area contributed by atoms with Crippen LogP contribution in [0.25, 0.3) is 10.9 Å². The number of rotatable bonds is 3. The van der Waals surface area contributed by atoms with Gasteiger partial charge in [0, 0.05) is 29.6 Å². The summed E-state index contributed by atoms with van der Waals surface area (Å²) in [7, 11) is 1.52. The Kier molecular flexibility index (Phi) is 3.73. The number of hydrogen-bond donors (Lipinski definition) is 1. The van der Waals surface area contributed by atoms with Gasteiger partial charge >= 0.3 is 0 Å². The van der Waals surface area contributed by atoms with Gasteiger partial charge in [-0.15, -0.1) is 0 Å². The highest BCUT2D eigenvalue weighted by Crippen LogP contribution is 2.25. The molecule has 21 heavy (non-hydrogen) atoms. The summed E-state index contributed by atoms with van der Waals surface area (Å²) in [6, 6.07) is 7.38. The number of fused-ring (bicyclic) bond motifs is 1. The lowest BCUT2D eigenvalue weighted by atomic mass is 10.1. The van der Waals surface area contributed by atoms with E-state index >= 15 is 0 Å². The fraction of sp³-hybridized carbons (Fsp3) is 0.267. The molecule has 3 rings (SSSR count). The van der Waals surface area contributed by atoms with Crippen LogP contribution < -0.4 is 5.32 Å². The molecule has 108 valence electrons. The quantitative estimate of drug-likeness (QED) is 0.860. The van der Waals surface area contributed by atoms with Crippen molar-refractivity contribution in [3.63, 3.8) is 0 Å². The molecule has 1 fully saturated rings. The van der Waals surface area contributed by atoms with Crippen LogP contribution in [-0.4, -0.2) is 34.8 Å². The number of benzene rings is 1. The van der Waals surface area contributed by atoms with E-state index in [4.69, 9.17) is 0 Å². The number of likely N-dealkylation sites (tertiary alicyclic amines) is 1. The van der Waals surface area contributed by atoms with Crippen LogP contribution in [0.1, 0.15) is 12.0 Å². The smallest absolute Gasteiger partial charge is 0.246 e. The Hall–Kier alpha value is -1.79. The van der Waals surface area contributed by atoms with E-state index in [1.807, 2.05) is 24.3 Å². The van der Waals surface area contributed by atoms with Gasteiger partial charge in [0.1, 0.15) is 0 Å². The maximum absolute atomic E-state index is 11.9. The molecule has 0 saturated carbocycles. The highest BCUT2D eigenvalue weighted by atomic mass is 79.9. The Morgan fingerprint density at radius 1 is 1.38 bits per heavy atom. The van der Waals surface area contributed by atoms with Crippen molar-refractivity contribution >= 4 is 38.6 Å². The van der Waals surface area contributed by atoms with Crippen molar-refractivity contribution in [2.45, 2.75) is 19.0 Å². The molecule has 2 aromatic rings. The predicted molar refractivity (Wildman–Crippen MR) is 82.5 cm³/mol. The van der Waals surface area contributed by atoms with Crippen LogP contribution in [-0.2, 0) is 16.1 Å². The van der Waals surface area contributed by atoms with Gasteiger partial charge in [0.2, 0.25) is 11.8 Å². The monoisotopic (exact) mass is 347 g/mol. The fourth-order valence-electron chi connectivity index (χ4n) is 2.49. The molecule has 1 N–H and O–H groups in total. The van der Waals surface area contributed by atoms with Gasteiger partial charge in [0.05, 0.1) is 18.0 Å². The average molecular weight is 348 g/mol. The summed E-state index contributed by atoms with van der Waals surface area (Å²) >= 11 is 3.51. The lowest BCUT2D eigenvalue weighted by molar-refractivity contribution is -0.137. The molecular formula is C15H14BrN3O2. The largest absolute Gasteiger partial charge is 0.301 e. The van der Waals surface area contributed by atoms with Gasteiger partial charge in [-0.05, 0) is 17.7 Å². The number of aromatic nitrogens is 1. The van der Waals surface area contributed by atoms with Gasteiger partial charge in [-0.25, -0.2) is 0 Å². The molecule has 5 nitrogen and oxygen atoms in total. The summed E-state index contributed by atoms with van der Waals surface area (Å²) in [5, 5.41) is 4.18. The van der Waals surface area contributed by atoms with Gasteiger partial charge in [0.25, 0.3) is 0 Å². The number of hydrogen-bond acceptors (Lipinski definition) is 4. The van der Waals surface area contributed by atoms with Crippen molar-refractivity contribution in [2.24, 2.45) is 0 Å². The Balaban J connectivity index is 1.82. The Morgan fingerprint density at radius 2 is 2.19 bits per heavy atom. The van der Waals surface area contributed by atoms with Crippen LogP contribution in [0.4, 0.5) is 0 Å². The molecule has 1 aliphatic heterocycles. The van der Waals surface area contributed by atoms with E-state index < -0.39 is 6.04 Å². The van der Waals surface area contributed by atoms with Crippen LogP contribution in [0.2, 0.25) is 0 Å². The van der Waals surface area contributed by atoms with E-state index in [-0.39, 0.29) is 18.2 Å². The molecule has 0 radical (unpaired) electrons. The molecule has 0 spiro atoms. The third-order valence-electron chi connectivity index (χ3n) is 3.72. The Bertz CT molecular complexity index is 732. The second-order valence-corrected chi connectivity index (χ2v) is 5.89. The first-order valence-corrected chi connectivity index (χ1v) is 7.43. The highest BCUT2D eigenvalue weighted by molar-refractivity contribution is 9.10. The van der Waals surface area contributed by atoms with E-state index in [9.17, 15) is 9.59 Å². The maximum atomic E-state index is 11.9. The van der Waals surface area contributed by atoms with Crippen LogP contribution in [0.15, 0.2) is 34.9 Å². The third kappa shape index (κ3) is 2.56. The van der Waals surface area contributed by atoms with Gasteiger partial charge in [-0.3, -0.25) is 19.5 Å². The van der Waals surface area contributed by atoms with E-state index in [2.05, 4.69) is 26.2 Å². The molecule has 1 aliphatic rings. The molecule has 1 unspecified atom stereocenters. The predicted octanol–water partition coefficient (Wildman–Crippen LogP) is 1.84. The lowest BCUT2D eigenvalue weighted by Crippen LogP contribution is -2.36. The summed E-state index contributed by atoms with van der Waals surface area (Å²) in [5.74, 6) is -0.314. The summed E-state index contributed by atoms with van der Waals surface area (Å²) in [5.41, 5.74) is 1.90. The van der Waals surface area contributed by atoms with Crippen molar-refractivity contribution < 1.29 is 9.59 Å². The van der Waals surface area contributed by atoms with Crippen molar-refractivity contribution in [3.8, 4) is 0 Å². The van der Waals surface area contributed by atoms with Gasteiger partial charge in [-0.1, -0.05) is 28.1 Å². The number of halogens is 1. The zero-order chi connectivity index (χ0) is 15.0. The average Bonchev–Trinajstić information content (AvgIpc) is 2.74. The Morgan fingerprint density at radius 3 is 2.90 bits per heavy atom. The second-order valence-electron chi connectivity index (χ2n) is 5.03. The summed E-state index contributed by atoms with van der Waals surface area (Å²) in [4.78, 5) is 29.0. The SMILES string of the molecule is CN1C(=O)CC(NCc2ccc(Br)c3cccnc23)C1=O. The number of carbonyl (C=O) groups is 2. The maximum Gasteiger partial charge on any atom is 0.246 e. The van der Waals surface area contributed by atoms with Crippen LogP contribution in [0.3, 0.4) is 0 Å². The van der Waals surface area contributed by atoms with Gasteiger partial charge in [-0.2, -0.15) is 0 Å². The summed E-state index contributed by atoms with van der Waals surface area (Å²) in [6.45, 7) is 0.498. The molecule has 1 atom stereocenters. The minimum absolute atomic E-state index is 0.142. The van der Waals surface area contributed by atoms with Gasteiger partial charge in [0.15, 0.2) is 0 Å². The van der Waals surface area contributed by atoms with E-state index in [1.165, 1.54) is 11.9 Å². The molecule has 2 heterocycles. The number of pyridine rings is 1.